The molecule has 1 aromatic heterocycles. The Morgan fingerprint density at radius 1 is 1.44 bits per heavy atom. The Bertz CT molecular complexity index is 495. The number of sulfonamides is 1. The molecule has 1 heterocycles. The van der Waals surface area contributed by atoms with Gasteiger partial charge in [-0.3, -0.25) is 0 Å². The largest absolute Gasteiger partial charge is 0.332 e. The van der Waals surface area contributed by atoms with Crippen LogP contribution in [0.2, 0.25) is 0 Å². The van der Waals surface area contributed by atoms with Gasteiger partial charge < -0.3 is 4.98 Å². The van der Waals surface area contributed by atoms with Gasteiger partial charge in [0, 0.05) is 12.5 Å². The second kappa shape index (κ2) is 5.40. The Kier molecular flexibility index (Phi) is 4.07. The molecule has 1 aromatic rings. The molecule has 2 atom stereocenters. The number of H-pyrrole nitrogens is 1. The number of rotatable bonds is 4. The van der Waals surface area contributed by atoms with Crippen molar-refractivity contribution in [3.05, 3.63) is 12.0 Å². The van der Waals surface area contributed by atoms with Crippen LogP contribution in [0.15, 0.2) is 11.2 Å². The summed E-state index contributed by atoms with van der Waals surface area (Å²) in [5.41, 5.74) is 0. The van der Waals surface area contributed by atoms with E-state index >= 15 is 0 Å². The maximum atomic E-state index is 12.2. The maximum Gasteiger partial charge on any atom is 0.257 e. The van der Waals surface area contributed by atoms with E-state index in [1.807, 2.05) is 6.92 Å². The summed E-state index contributed by atoms with van der Waals surface area (Å²) in [7, 11) is -3.45. The van der Waals surface area contributed by atoms with Crippen LogP contribution in [0.3, 0.4) is 0 Å². The summed E-state index contributed by atoms with van der Waals surface area (Å²) in [5.74, 6) is 1.11. The van der Waals surface area contributed by atoms with Crippen LogP contribution in [-0.4, -0.2) is 24.4 Å². The number of aryl methyl sites for hydroxylation is 1. The van der Waals surface area contributed by atoms with E-state index < -0.39 is 10.0 Å². The third-order valence-electron chi connectivity index (χ3n) is 3.65. The third-order valence-corrected chi connectivity index (χ3v) is 5.05. The highest BCUT2D eigenvalue weighted by Crippen LogP contribution is 2.25. The zero-order chi connectivity index (χ0) is 13.2. The summed E-state index contributed by atoms with van der Waals surface area (Å²) in [4.78, 5) is 6.88. The number of aromatic nitrogens is 2. The van der Waals surface area contributed by atoms with Crippen LogP contribution >= 0.6 is 0 Å². The quantitative estimate of drug-likeness (QED) is 0.877. The van der Waals surface area contributed by atoms with E-state index in [2.05, 4.69) is 21.6 Å². The van der Waals surface area contributed by atoms with E-state index in [0.717, 1.165) is 19.3 Å². The normalized spacial score (nSPS) is 25.2. The predicted octanol–water partition coefficient (Wildman–Crippen LogP) is 1.83. The molecule has 0 aliphatic heterocycles. The minimum absolute atomic E-state index is 0.0529. The molecular formula is C12H21N3O2S. The molecule has 0 amide bonds. The van der Waals surface area contributed by atoms with Crippen molar-refractivity contribution in [2.45, 2.75) is 57.0 Å². The highest BCUT2D eigenvalue weighted by molar-refractivity contribution is 7.89. The third kappa shape index (κ3) is 2.92. The molecule has 1 saturated carbocycles. The van der Waals surface area contributed by atoms with Crippen LogP contribution in [0.4, 0.5) is 0 Å². The van der Waals surface area contributed by atoms with Gasteiger partial charge in [-0.2, -0.15) is 0 Å². The highest BCUT2D eigenvalue weighted by atomic mass is 32.2. The van der Waals surface area contributed by atoms with Crippen molar-refractivity contribution in [2.75, 3.05) is 0 Å². The van der Waals surface area contributed by atoms with Gasteiger partial charge in [-0.05, 0) is 18.8 Å². The van der Waals surface area contributed by atoms with Crippen LogP contribution in [-0.2, 0) is 16.4 Å². The molecule has 6 heteroatoms. The average Bonchev–Trinajstić information content (AvgIpc) is 2.81. The van der Waals surface area contributed by atoms with Gasteiger partial charge in [0.2, 0.25) is 0 Å². The van der Waals surface area contributed by atoms with Crippen molar-refractivity contribution in [3.8, 4) is 0 Å². The summed E-state index contributed by atoms with van der Waals surface area (Å²) in [6.07, 6.45) is 6.42. The molecule has 18 heavy (non-hydrogen) atoms. The van der Waals surface area contributed by atoms with Crippen molar-refractivity contribution < 1.29 is 8.42 Å². The average molecular weight is 271 g/mol. The van der Waals surface area contributed by atoms with Crippen molar-refractivity contribution >= 4 is 10.0 Å². The molecule has 2 rings (SSSR count). The van der Waals surface area contributed by atoms with E-state index in [1.54, 1.807) is 0 Å². The van der Waals surface area contributed by atoms with Gasteiger partial charge >= 0.3 is 0 Å². The molecular weight excluding hydrogens is 250 g/mol. The first kappa shape index (κ1) is 13.5. The lowest BCUT2D eigenvalue weighted by Crippen LogP contribution is -2.41. The molecule has 0 saturated heterocycles. The van der Waals surface area contributed by atoms with Crippen LogP contribution in [0, 0.1) is 5.92 Å². The summed E-state index contributed by atoms with van der Waals surface area (Å²) in [6.45, 7) is 4.04. The van der Waals surface area contributed by atoms with Gasteiger partial charge in [-0.1, -0.05) is 26.7 Å². The van der Waals surface area contributed by atoms with Gasteiger partial charge in [0.05, 0.1) is 6.20 Å². The van der Waals surface area contributed by atoms with E-state index in [0.29, 0.717) is 18.2 Å². The molecule has 0 spiro atoms. The Morgan fingerprint density at radius 2 is 2.17 bits per heavy atom. The lowest BCUT2D eigenvalue weighted by molar-refractivity contribution is 0.310. The Morgan fingerprint density at radius 3 is 2.78 bits per heavy atom. The summed E-state index contributed by atoms with van der Waals surface area (Å²) in [6, 6.07) is 0.0529. The van der Waals surface area contributed by atoms with Crippen LogP contribution in [0.1, 0.15) is 45.4 Å². The number of hydrogen-bond donors (Lipinski definition) is 2. The summed E-state index contributed by atoms with van der Waals surface area (Å²) >= 11 is 0. The molecule has 1 aliphatic rings. The smallest absolute Gasteiger partial charge is 0.257 e. The van der Waals surface area contributed by atoms with Gasteiger partial charge in [0.25, 0.3) is 10.0 Å². The zero-order valence-electron chi connectivity index (χ0n) is 10.9. The zero-order valence-corrected chi connectivity index (χ0v) is 11.8. The standard InChI is InChI=1S/C12H21N3O2S/c1-3-11-13-8-12(14-11)18(16,17)15-10-7-5-4-6-9(10)2/h8-10,15H,3-7H2,1-2H3,(H,13,14). The highest BCUT2D eigenvalue weighted by Gasteiger charge is 2.27. The molecule has 102 valence electrons. The van der Waals surface area contributed by atoms with Crippen LogP contribution in [0.5, 0.6) is 0 Å². The maximum absolute atomic E-state index is 12.2. The fourth-order valence-corrected chi connectivity index (χ4v) is 3.73. The molecule has 0 aromatic carbocycles. The predicted molar refractivity (Wildman–Crippen MR) is 69.7 cm³/mol. The van der Waals surface area contributed by atoms with Crippen LogP contribution < -0.4 is 4.72 Å². The first-order valence-corrected chi connectivity index (χ1v) is 8.07. The Hall–Kier alpha value is -0.880. The fourth-order valence-electron chi connectivity index (χ4n) is 2.41. The minimum atomic E-state index is -3.45. The lowest BCUT2D eigenvalue weighted by atomic mass is 9.87. The van der Waals surface area contributed by atoms with Gasteiger partial charge in [-0.15, -0.1) is 0 Å². The van der Waals surface area contributed by atoms with Gasteiger partial charge in [0.1, 0.15) is 5.82 Å². The summed E-state index contributed by atoms with van der Waals surface area (Å²) in [5, 5.41) is 0.178. The first-order chi connectivity index (χ1) is 8.53. The van der Waals surface area contributed by atoms with E-state index in [4.69, 9.17) is 0 Å². The number of nitrogens with one attached hydrogen (secondary N) is 2. The number of imidazole rings is 1. The minimum Gasteiger partial charge on any atom is -0.332 e. The lowest BCUT2D eigenvalue weighted by Gasteiger charge is -2.28. The van der Waals surface area contributed by atoms with Crippen LogP contribution in [0.25, 0.3) is 0 Å². The first-order valence-electron chi connectivity index (χ1n) is 6.59. The number of nitrogens with zero attached hydrogens (tertiary/aromatic N) is 1. The Labute approximate surface area is 108 Å². The van der Waals surface area contributed by atoms with Crippen molar-refractivity contribution in [1.82, 2.24) is 14.7 Å². The van der Waals surface area contributed by atoms with E-state index in [9.17, 15) is 8.42 Å². The van der Waals surface area contributed by atoms with Crippen molar-refractivity contribution in [2.24, 2.45) is 5.92 Å². The molecule has 0 radical (unpaired) electrons. The number of aromatic amines is 1. The van der Waals surface area contributed by atoms with Gasteiger partial charge in [0.15, 0.2) is 5.03 Å². The molecule has 1 aliphatic carbocycles. The fraction of sp³-hybridized carbons (Fsp3) is 0.750. The molecule has 2 N–H and O–H groups in total. The molecule has 2 unspecified atom stereocenters. The monoisotopic (exact) mass is 271 g/mol. The van der Waals surface area contributed by atoms with E-state index in [-0.39, 0.29) is 11.1 Å². The second-order valence-electron chi connectivity index (χ2n) is 5.04. The Balaban J connectivity index is 2.11. The van der Waals surface area contributed by atoms with E-state index in [1.165, 1.54) is 12.6 Å². The number of hydrogen-bond acceptors (Lipinski definition) is 3. The molecule has 0 bridgehead atoms. The van der Waals surface area contributed by atoms with Gasteiger partial charge in [-0.25, -0.2) is 18.1 Å². The second-order valence-corrected chi connectivity index (χ2v) is 6.72. The molecule has 1 fully saturated rings. The SMILES string of the molecule is CCc1ncc(S(=O)(=O)NC2CCCCC2C)[nH]1. The summed E-state index contributed by atoms with van der Waals surface area (Å²) < 4.78 is 27.2. The molecule has 5 nitrogen and oxygen atoms in total. The van der Waals surface area contributed by atoms with Crippen molar-refractivity contribution in [3.63, 3.8) is 0 Å². The van der Waals surface area contributed by atoms with Crippen molar-refractivity contribution in [1.29, 1.82) is 0 Å². The topological polar surface area (TPSA) is 74.8 Å².